The summed E-state index contributed by atoms with van der Waals surface area (Å²) in [6.45, 7) is 4.49. The molecule has 0 aromatic heterocycles. The summed E-state index contributed by atoms with van der Waals surface area (Å²) in [5.74, 6) is 0. The van der Waals surface area contributed by atoms with Gasteiger partial charge in [0.25, 0.3) is 0 Å². The van der Waals surface area contributed by atoms with Gasteiger partial charge in [-0.15, -0.1) is 0 Å². The second-order valence-electron chi connectivity index (χ2n) is 1.78. The molecule has 1 aliphatic heterocycles. The minimum atomic E-state index is -0.917. The Morgan fingerprint density at radius 1 is 1.50 bits per heavy atom. The normalized spacial score (nSPS) is 31.2. The summed E-state index contributed by atoms with van der Waals surface area (Å²) in [7, 11) is 1.45. The number of hydrogen-bond acceptors (Lipinski definition) is 2. The molecule has 1 aliphatic rings. The van der Waals surface area contributed by atoms with Crippen molar-refractivity contribution in [2.45, 2.75) is 32.7 Å². The van der Waals surface area contributed by atoms with Gasteiger partial charge in [-0.05, 0) is 0 Å². The van der Waals surface area contributed by atoms with E-state index in [4.69, 9.17) is 4.74 Å². The van der Waals surface area contributed by atoms with Gasteiger partial charge >= 0.3 is 0 Å². The molecule has 0 amide bonds. The Labute approximate surface area is 61.3 Å². The third kappa shape index (κ3) is 2.62. The maximum Gasteiger partial charge on any atom is 0.188 e. The average Bonchev–Trinajstić information content (AvgIpc) is 2.39. The third-order valence-corrected chi connectivity index (χ3v) is 1.20. The Kier molecular flexibility index (Phi) is 5.54. The van der Waals surface area contributed by atoms with Crippen molar-refractivity contribution in [2.75, 3.05) is 13.7 Å². The molecule has 0 spiro atoms. The van der Waals surface area contributed by atoms with Crippen LogP contribution < -0.4 is 0 Å². The van der Waals surface area contributed by atoms with Crippen molar-refractivity contribution in [2.24, 2.45) is 0 Å². The van der Waals surface area contributed by atoms with E-state index in [0.29, 0.717) is 13.0 Å². The Bertz CT molecular complexity index is 78.0. The van der Waals surface area contributed by atoms with Gasteiger partial charge in [-0.3, -0.25) is 0 Å². The maximum atomic E-state index is 12.3. The Morgan fingerprint density at radius 2 is 2.10 bits per heavy atom. The summed E-state index contributed by atoms with van der Waals surface area (Å²) in [5, 5.41) is 0. The molecular formula is C7H15FO2. The summed E-state index contributed by atoms with van der Waals surface area (Å²) in [6, 6.07) is 0. The van der Waals surface area contributed by atoms with E-state index in [1.54, 1.807) is 0 Å². The maximum absolute atomic E-state index is 12.3. The smallest absolute Gasteiger partial charge is 0.188 e. The van der Waals surface area contributed by atoms with Crippen LogP contribution in [0.2, 0.25) is 0 Å². The third-order valence-electron chi connectivity index (χ3n) is 1.20. The van der Waals surface area contributed by atoms with Crippen molar-refractivity contribution >= 4 is 0 Å². The highest BCUT2D eigenvalue weighted by molar-refractivity contribution is 4.66. The molecule has 2 atom stereocenters. The van der Waals surface area contributed by atoms with E-state index in [0.717, 1.165) is 0 Å². The van der Waals surface area contributed by atoms with E-state index in [1.165, 1.54) is 7.11 Å². The first-order valence-electron chi connectivity index (χ1n) is 3.63. The molecular weight excluding hydrogens is 135 g/mol. The van der Waals surface area contributed by atoms with Crippen LogP contribution in [-0.2, 0) is 9.47 Å². The molecule has 1 unspecified atom stereocenters. The van der Waals surface area contributed by atoms with E-state index in [2.05, 4.69) is 4.74 Å². The molecule has 1 saturated heterocycles. The van der Waals surface area contributed by atoms with Crippen molar-refractivity contribution in [1.29, 1.82) is 0 Å². The van der Waals surface area contributed by atoms with Crippen molar-refractivity contribution in [3.05, 3.63) is 0 Å². The van der Waals surface area contributed by atoms with Crippen LogP contribution in [0.5, 0.6) is 0 Å². The van der Waals surface area contributed by atoms with Crippen molar-refractivity contribution < 1.29 is 13.9 Å². The average molecular weight is 150 g/mol. The minimum Gasteiger partial charge on any atom is -0.353 e. The molecule has 3 heteroatoms. The predicted molar refractivity (Wildman–Crippen MR) is 37.6 cm³/mol. The number of hydrogen-bond donors (Lipinski definition) is 0. The van der Waals surface area contributed by atoms with E-state index < -0.39 is 12.5 Å². The van der Waals surface area contributed by atoms with E-state index in [1.807, 2.05) is 13.8 Å². The first-order valence-corrected chi connectivity index (χ1v) is 3.63. The molecule has 0 N–H and O–H groups in total. The molecule has 10 heavy (non-hydrogen) atoms. The molecule has 62 valence electrons. The lowest BCUT2D eigenvalue weighted by Gasteiger charge is -2.07. The fourth-order valence-corrected chi connectivity index (χ4v) is 0.753. The van der Waals surface area contributed by atoms with Crippen molar-refractivity contribution in [3.8, 4) is 0 Å². The number of halogens is 1. The molecule has 0 aliphatic carbocycles. The van der Waals surface area contributed by atoms with Crippen LogP contribution in [0.15, 0.2) is 0 Å². The first-order chi connectivity index (χ1) is 4.84. The molecule has 0 aromatic rings. The monoisotopic (exact) mass is 150 g/mol. The van der Waals surface area contributed by atoms with Gasteiger partial charge in [0.2, 0.25) is 0 Å². The lowest BCUT2D eigenvalue weighted by atomic mass is 10.3. The summed E-state index contributed by atoms with van der Waals surface area (Å²) >= 11 is 0. The fourth-order valence-electron chi connectivity index (χ4n) is 0.753. The quantitative estimate of drug-likeness (QED) is 0.567. The van der Waals surface area contributed by atoms with Gasteiger partial charge in [0.15, 0.2) is 12.5 Å². The van der Waals surface area contributed by atoms with Gasteiger partial charge in [0.05, 0.1) is 6.61 Å². The van der Waals surface area contributed by atoms with Crippen LogP contribution in [0.4, 0.5) is 4.39 Å². The minimum absolute atomic E-state index is 0.471. The summed E-state index contributed by atoms with van der Waals surface area (Å²) in [5.41, 5.74) is 0. The van der Waals surface area contributed by atoms with Crippen LogP contribution in [0, 0.1) is 0 Å². The van der Waals surface area contributed by atoms with E-state index >= 15 is 0 Å². The van der Waals surface area contributed by atoms with Crippen LogP contribution >= 0.6 is 0 Å². The number of rotatable bonds is 1. The van der Waals surface area contributed by atoms with Gasteiger partial charge in [-0.1, -0.05) is 13.8 Å². The van der Waals surface area contributed by atoms with Crippen LogP contribution in [-0.4, -0.2) is 26.2 Å². The lowest BCUT2D eigenvalue weighted by molar-refractivity contribution is -0.114. The second kappa shape index (κ2) is 5.62. The van der Waals surface area contributed by atoms with E-state index in [-0.39, 0.29) is 0 Å². The van der Waals surface area contributed by atoms with Crippen LogP contribution in [0.1, 0.15) is 20.3 Å². The topological polar surface area (TPSA) is 18.5 Å². The van der Waals surface area contributed by atoms with Gasteiger partial charge in [-0.2, -0.15) is 0 Å². The fraction of sp³-hybridized carbons (Fsp3) is 1.00. The number of alkyl halides is 1. The highest BCUT2D eigenvalue weighted by Gasteiger charge is 2.27. The Morgan fingerprint density at radius 3 is 2.30 bits per heavy atom. The van der Waals surface area contributed by atoms with Gasteiger partial charge in [0, 0.05) is 13.5 Å². The molecule has 0 radical (unpaired) electrons. The molecule has 1 heterocycles. The Hall–Kier alpha value is -0.150. The van der Waals surface area contributed by atoms with Crippen molar-refractivity contribution in [3.63, 3.8) is 0 Å². The second-order valence-corrected chi connectivity index (χ2v) is 1.78. The molecule has 0 saturated carbocycles. The summed E-state index contributed by atoms with van der Waals surface area (Å²) in [6.07, 6.45) is -1.05. The number of methoxy groups -OCH3 is 1. The number of ether oxygens (including phenoxy) is 2. The van der Waals surface area contributed by atoms with Crippen molar-refractivity contribution in [1.82, 2.24) is 0 Å². The standard InChI is InChI=1S/C5H9FO2.C2H6/c1-7-5-4(6)2-3-8-5;1-2/h4-5H,2-3H2,1H3;1-2H3/t4-,5?;/m0./s1. The SMILES string of the molecule is CC.COC1OCC[C@@H]1F. The largest absolute Gasteiger partial charge is 0.353 e. The van der Waals surface area contributed by atoms with Gasteiger partial charge in [0.1, 0.15) is 0 Å². The summed E-state index contributed by atoms with van der Waals surface area (Å²) < 4.78 is 21.8. The predicted octanol–water partition coefficient (Wildman–Crippen LogP) is 1.74. The molecule has 1 rings (SSSR count). The van der Waals surface area contributed by atoms with Crippen LogP contribution in [0.3, 0.4) is 0 Å². The zero-order chi connectivity index (χ0) is 7.98. The van der Waals surface area contributed by atoms with Gasteiger partial charge in [-0.25, -0.2) is 4.39 Å². The summed E-state index contributed by atoms with van der Waals surface area (Å²) in [4.78, 5) is 0. The molecule has 0 aromatic carbocycles. The molecule has 0 bridgehead atoms. The molecule has 2 nitrogen and oxygen atoms in total. The molecule has 1 fully saturated rings. The first kappa shape index (κ1) is 9.85. The highest BCUT2D eigenvalue weighted by Crippen LogP contribution is 2.16. The zero-order valence-corrected chi connectivity index (χ0v) is 6.76. The lowest BCUT2D eigenvalue weighted by Crippen LogP contribution is -2.18. The highest BCUT2D eigenvalue weighted by atomic mass is 19.1. The van der Waals surface area contributed by atoms with Gasteiger partial charge < -0.3 is 9.47 Å². The van der Waals surface area contributed by atoms with E-state index in [9.17, 15) is 4.39 Å². The zero-order valence-electron chi connectivity index (χ0n) is 6.76. The van der Waals surface area contributed by atoms with Crippen LogP contribution in [0.25, 0.3) is 0 Å². The Balaban J connectivity index is 0.000000371.